The molecule has 0 saturated heterocycles. The molecule has 1 aromatic heterocycles. The number of nitrogens with zero attached hydrogens (tertiary/aromatic N) is 1. The Labute approximate surface area is 131 Å². The lowest BCUT2D eigenvalue weighted by Gasteiger charge is -2.19. The van der Waals surface area contributed by atoms with Crippen LogP contribution in [0.2, 0.25) is 0 Å². The van der Waals surface area contributed by atoms with Gasteiger partial charge in [-0.25, -0.2) is 4.79 Å². The normalized spacial score (nSPS) is 14.0. The van der Waals surface area contributed by atoms with E-state index in [1.165, 1.54) is 5.56 Å². The number of rotatable bonds is 3. The zero-order valence-corrected chi connectivity index (χ0v) is 13.3. The van der Waals surface area contributed by atoms with Crippen LogP contribution in [0.15, 0.2) is 38.3 Å². The second kappa shape index (κ2) is 6.02. The van der Waals surface area contributed by atoms with Crippen molar-refractivity contribution in [2.24, 2.45) is 0 Å². The van der Waals surface area contributed by atoms with Crippen LogP contribution in [0.1, 0.15) is 29.7 Å². The second-order valence-corrected chi connectivity index (χ2v) is 6.34. The number of aromatic nitrogens is 2. The number of halogens is 1. The van der Waals surface area contributed by atoms with Gasteiger partial charge in [0.25, 0.3) is 5.56 Å². The van der Waals surface area contributed by atoms with Crippen LogP contribution >= 0.6 is 15.9 Å². The Kier molecular flexibility index (Phi) is 4.10. The Morgan fingerprint density at radius 1 is 1.10 bits per heavy atom. The summed E-state index contributed by atoms with van der Waals surface area (Å²) in [6.07, 6.45) is 4.47. The molecule has 2 aromatic rings. The third-order valence-electron chi connectivity index (χ3n) is 4.04. The Morgan fingerprint density at radius 2 is 1.81 bits per heavy atom. The minimum atomic E-state index is -0.280. The second-order valence-electron chi connectivity index (χ2n) is 5.42. The fraction of sp³-hybridized carbons (Fsp3) is 0.375. The molecule has 0 unspecified atom stereocenters. The van der Waals surface area contributed by atoms with Crippen molar-refractivity contribution >= 4 is 15.9 Å². The largest absolute Gasteiger partial charge is 0.328 e. The number of aromatic amines is 1. The van der Waals surface area contributed by atoms with Crippen LogP contribution in [0, 0.1) is 0 Å². The number of benzene rings is 1. The molecule has 0 bridgehead atoms. The van der Waals surface area contributed by atoms with E-state index in [9.17, 15) is 9.59 Å². The van der Waals surface area contributed by atoms with Crippen molar-refractivity contribution < 1.29 is 0 Å². The van der Waals surface area contributed by atoms with Crippen LogP contribution in [0.3, 0.4) is 0 Å². The molecule has 0 fully saturated rings. The molecule has 3 rings (SSSR count). The van der Waals surface area contributed by atoms with Crippen molar-refractivity contribution in [3.05, 3.63) is 66.4 Å². The molecule has 1 N–H and O–H groups in total. The average molecular weight is 349 g/mol. The monoisotopic (exact) mass is 348 g/mol. The molecule has 0 radical (unpaired) electrons. The number of H-pyrrole nitrogens is 1. The van der Waals surface area contributed by atoms with Crippen LogP contribution in [-0.4, -0.2) is 9.55 Å². The molecule has 4 nitrogen and oxygen atoms in total. The lowest BCUT2D eigenvalue weighted by Crippen LogP contribution is -2.37. The highest BCUT2D eigenvalue weighted by molar-refractivity contribution is 9.10. The average Bonchev–Trinajstić information content (AvgIpc) is 2.49. The molecule has 5 heteroatoms. The molecule has 1 aliphatic carbocycles. The molecule has 1 aliphatic rings. The minimum absolute atomic E-state index is 0.199. The summed E-state index contributed by atoms with van der Waals surface area (Å²) in [6, 6.07) is 8.10. The summed E-state index contributed by atoms with van der Waals surface area (Å²) in [7, 11) is 0. The topological polar surface area (TPSA) is 54.9 Å². The first-order chi connectivity index (χ1) is 10.1. The molecular weight excluding hydrogens is 332 g/mol. The predicted molar refractivity (Wildman–Crippen MR) is 85.8 cm³/mol. The molecular formula is C16H17BrN2O2. The lowest BCUT2D eigenvalue weighted by molar-refractivity contribution is 0.552. The Hall–Kier alpha value is -1.62. The van der Waals surface area contributed by atoms with Gasteiger partial charge in [-0.3, -0.25) is 14.3 Å². The SMILES string of the molecule is O=c1[nH]c(=O)n(CCc2ccc(Br)cc2)c2c1CCCC2. The van der Waals surface area contributed by atoms with Crippen molar-refractivity contribution in [3.63, 3.8) is 0 Å². The van der Waals surface area contributed by atoms with Crippen molar-refractivity contribution in [2.45, 2.75) is 38.6 Å². The van der Waals surface area contributed by atoms with E-state index < -0.39 is 0 Å². The third-order valence-corrected chi connectivity index (χ3v) is 4.57. The van der Waals surface area contributed by atoms with E-state index in [2.05, 4.69) is 20.9 Å². The van der Waals surface area contributed by atoms with Crippen LogP contribution in [0.25, 0.3) is 0 Å². The number of fused-ring (bicyclic) bond motifs is 1. The van der Waals surface area contributed by atoms with Gasteiger partial charge in [0.2, 0.25) is 0 Å². The van der Waals surface area contributed by atoms with Crippen molar-refractivity contribution in [2.75, 3.05) is 0 Å². The van der Waals surface area contributed by atoms with Gasteiger partial charge in [-0.05, 0) is 49.8 Å². The fourth-order valence-corrected chi connectivity index (χ4v) is 3.19. The smallest absolute Gasteiger partial charge is 0.297 e. The van der Waals surface area contributed by atoms with Crippen molar-refractivity contribution in [1.82, 2.24) is 9.55 Å². The van der Waals surface area contributed by atoms with Gasteiger partial charge in [0.1, 0.15) is 0 Å². The maximum absolute atomic E-state index is 12.1. The Morgan fingerprint density at radius 3 is 2.57 bits per heavy atom. The standard InChI is InChI=1S/C16H17BrN2O2/c17-12-7-5-11(6-8-12)9-10-19-14-4-2-1-3-13(14)15(20)18-16(19)21/h5-8H,1-4,9-10H2,(H,18,20,21). The Balaban J connectivity index is 1.90. The number of hydrogen-bond donors (Lipinski definition) is 1. The number of aryl methyl sites for hydroxylation is 1. The van der Waals surface area contributed by atoms with Crippen LogP contribution in [0.4, 0.5) is 0 Å². The number of hydrogen-bond acceptors (Lipinski definition) is 2. The van der Waals surface area contributed by atoms with E-state index in [0.29, 0.717) is 6.54 Å². The molecule has 0 amide bonds. The summed E-state index contributed by atoms with van der Waals surface area (Å²) in [5.41, 5.74) is 2.44. The van der Waals surface area contributed by atoms with E-state index in [4.69, 9.17) is 0 Å². The minimum Gasteiger partial charge on any atom is -0.297 e. The van der Waals surface area contributed by atoms with Crippen LogP contribution in [-0.2, 0) is 25.8 Å². The molecule has 1 aromatic carbocycles. The molecule has 1 heterocycles. The third kappa shape index (κ3) is 3.02. The summed E-state index contributed by atoms with van der Waals surface area (Å²) < 4.78 is 2.79. The molecule has 0 aliphatic heterocycles. The number of nitrogens with one attached hydrogen (secondary N) is 1. The maximum Gasteiger partial charge on any atom is 0.328 e. The summed E-state index contributed by atoms with van der Waals surface area (Å²) in [5, 5.41) is 0. The van der Waals surface area contributed by atoms with Gasteiger partial charge >= 0.3 is 5.69 Å². The first-order valence-corrected chi connectivity index (χ1v) is 8.04. The molecule has 0 atom stereocenters. The zero-order valence-electron chi connectivity index (χ0n) is 11.7. The highest BCUT2D eigenvalue weighted by atomic mass is 79.9. The molecule has 21 heavy (non-hydrogen) atoms. The fourth-order valence-electron chi connectivity index (χ4n) is 2.92. The highest BCUT2D eigenvalue weighted by Gasteiger charge is 2.17. The van der Waals surface area contributed by atoms with E-state index in [0.717, 1.165) is 47.8 Å². The first-order valence-electron chi connectivity index (χ1n) is 7.24. The summed E-state index contributed by atoms with van der Waals surface area (Å²) in [4.78, 5) is 26.4. The van der Waals surface area contributed by atoms with Gasteiger partial charge in [0, 0.05) is 22.3 Å². The van der Waals surface area contributed by atoms with Gasteiger partial charge in [-0.1, -0.05) is 28.1 Å². The maximum atomic E-state index is 12.1. The molecule has 0 spiro atoms. The Bertz CT molecular complexity index is 759. The van der Waals surface area contributed by atoms with Gasteiger partial charge in [-0.15, -0.1) is 0 Å². The van der Waals surface area contributed by atoms with Crippen LogP contribution < -0.4 is 11.2 Å². The summed E-state index contributed by atoms with van der Waals surface area (Å²) >= 11 is 3.42. The molecule has 110 valence electrons. The first kappa shape index (κ1) is 14.3. The predicted octanol–water partition coefficient (Wildman–Crippen LogP) is 2.42. The lowest BCUT2D eigenvalue weighted by atomic mass is 9.96. The summed E-state index contributed by atoms with van der Waals surface area (Å²) in [5.74, 6) is 0. The van der Waals surface area contributed by atoms with E-state index in [1.54, 1.807) is 4.57 Å². The zero-order chi connectivity index (χ0) is 14.8. The van der Waals surface area contributed by atoms with Gasteiger partial charge in [-0.2, -0.15) is 0 Å². The van der Waals surface area contributed by atoms with Gasteiger partial charge in [0.05, 0.1) is 0 Å². The van der Waals surface area contributed by atoms with Gasteiger partial charge in [0.15, 0.2) is 0 Å². The molecule has 0 saturated carbocycles. The van der Waals surface area contributed by atoms with E-state index in [-0.39, 0.29) is 11.2 Å². The highest BCUT2D eigenvalue weighted by Crippen LogP contribution is 2.17. The van der Waals surface area contributed by atoms with Crippen molar-refractivity contribution in [1.29, 1.82) is 0 Å². The van der Waals surface area contributed by atoms with Crippen LogP contribution in [0.5, 0.6) is 0 Å². The van der Waals surface area contributed by atoms with E-state index in [1.807, 2.05) is 24.3 Å². The summed E-state index contributed by atoms with van der Waals surface area (Å²) in [6.45, 7) is 0.611. The quantitative estimate of drug-likeness (QED) is 0.925. The van der Waals surface area contributed by atoms with Gasteiger partial charge < -0.3 is 0 Å². The van der Waals surface area contributed by atoms with Crippen molar-refractivity contribution in [3.8, 4) is 0 Å². The van der Waals surface area contributed by atoms with E-state index >= 15 is 0 Å².